The first-order chi connectivity index (χ1) is 11.0. The molecule has 0 bridgehead atoms. The monoisotopic (exact) mass is 318 g/mol. The molecular formula is C17H13F3N2O. The molecule has 6 heteroatoms. The number of alkyl halides is 3. The number of para-hydroxylation sites is 1. The zero-order chi connectivity index (χ0) is 16.4. The number of aromatic nitrogens is 2. The van der Waals surface area contributed by atoms with Gasteiger partial charge in [-0.2, -0.15) is 18.3 Å². The molecule has 0 atom stereocenters. The van der Waals surface area contributed by atoms with E-state index < -0.39 is 11.9 Å². The zero-order valence-corrected chi connectivity index (χ0v) is 12.2. The van der Waals surface area contributed by atoms with E-state index in [1.165, 1.54) is 7.11 Å². The fourth-order valence-corrected chi connectivity index (χ4v) is 2.25. The second-order valence-electron chi connectivity index (χ2n) is 4.89. The average Bonchev–Trinajstić information content (AvgIpc) is 3.01. The van der Waals surface area contributed by atoms with E-state index in [4.69, 9.17) is 4.74 Å². The smallest absolute Gasteiger partial charge is 0.433 e. The molecule has 0 saturated carbocycles. The third-order valence-electron chi connectivity index (χ3n) is 3.39. The van der Waals surface area contributed by atoms with Crippen molar-refractivity contribution in [3.8, 4) is 22.7 Å². The molecule has 1 aromatic heterocycles. The molecule has 0 spiro atoms. The molecule has 0 aliphatic carbocycles. The first-order valence-electron chi connectivity index (χ1n) is 6.86. The van der Waals surface area contributed by atoms with Crippen LogP contribution in [0, 0.1) is 0 Å². The van der Waals surface area contributed by atoms with Crippen LogP contribution in [-0.2, 0) is 6.18 Å². The molecule has 0 amide bonds. The number of benzene rings is 2. The first kappa shape index (κ1) is 15.1. The van der Waals surface area contributed by atoms with Crippen LogP contribution in [0.4, 0.5) is 13.2 Å². The van der Waals surface area contributed by atoms with E-state index in [0.29, 0.717) is 17.0 Å². The summed E-state index contributed by atoms with van der Waals surface area (Å²) in [6.07, 6.45) is -4.49. The standard InChI is InChI=1S/C17H13F3N2O/c1-23-14-9-7-12(8-10-14)15-11-16(17(18,19)20)22(21-15)13-5-3-2-4-6-13/h2-11H,1H3. The lowest BCUT2D eigenvalue weighted by molar-refractivity contribution is -0.142. The molecule has 0 aliphatic rings. The summed E-state index contributed by atoms with van der Waals surface area (Å²) in [6.45, 7) is 0. The van der Waals surface area contributed by atoms with Crippen LogP contribution in [0.2, 0.25) is 0 Å². The molecule has 2 aromatic carbocycles. The van der Waals surface area contributed by atoms with Crippen molar-refractivity contribution < 1.29 is 17.9 Å². The minimum Gasteiger partial charge on any atom is -0.497 e. The maximum absolute atomic E-state index is 13.3. The molecule has 0 N–H and O–H groups in total. The highest BCUT2D eigenvalue weighted by atomic mass is 19.4. The summed E-state index contributed by atoms with van der Waals surface area (Å²) in [7, 11) is 1.53. The first-order valence-corrected chi connectivity index (χ1v) is 6.86. The predicted molar refractivity (Wildman–Crippen MR) is 80.6 cm³/mol. The minimum absolute atomic E-state index is 0.254. The maximum atomic E-state index is 13.3. The summed E-state index contributed by atoms with van der Waals surface area (Å²) >= 11 is 0. The Balaban J connectivity index is 2.11. The quantitative estimate of drug-likeness (QED) is 0.707. The number of hydrogen-bond acceptors (Lipinski definition) is 2. The molecule has 3 rings (SSSR count). The van der Waals surface area contributed by atoms with E-state index >= 15 is 0 Å². The van der Waals surface area contributed by atoms with E-state index in [1.54, 1.807) is 54.6 Å². The molecular weight excluding hydrogens is 305 g/mol. The van der Waals surface area contributed by atoms with Gasteiger partial charge in [-0.3, -0.25) is 0 Å². The Kier molecular flexibility index (Phi) is 3.82. The molecule has 0 fully saturated rings. The Labute approximate surface area is 130 Å². The van der Waals surface area contributed by atoms with Gasteiger partial charge in [-0.05, 0) is 42.5 Å². The Morgan fingerprint density at radius 1 is 0.957 bits per heavy atom. The van der Waals surface area contributed by atoms with Gasteiger partial charge in [0.15, 0.2) is 0 Å². The predicted octanol–water partition coefficient (Wildman–Crippen LogP) is 4.57. The summed E-state index contributed by atoms with van der Waals surface area (Å²) in [5.41, 5.74) is 0.393. The average molecular weight is 318 g/mol. The van der Waals surface area contributed by atoms with Gasteiger partial charge in [0.25, 0.3) is 0 Å². The van der Waals surface area contributed by atoms with Crippen LogP contribution >= 0.6 is 0 Å². The third-order valence-corrected chi connectivity index (χ3v) is 3.39. The maximum Gasteiger partial charge on any atom is 0.433 e. The molecule has 0 radical (unpaired) electrons. The van der Waals surface area contributed by atoms with Crippen molar-refractivity contribution >= 4 is 0 Å². The molecule has 118 valence electrons. The van der Waals surface area contributed by atoms with Crippen LogP contribution < -0.4 is 4.74 Å². The minimum atomic E-state index is -4.49. The molecule has 23 heavy (non-hydrogen) atoms. The van der Waals surface area contributed by atoms with Crippen LogP contribution in [-0.4, -0.2) is 16.9 Å². The SMILES string of the molecule is COc1ccc(-c2cc(C(F)(F)F)n(-c3ccccc3)n2)cc1. The molecule has 3 aromatic rings. The number of rotatable bonds is 3. The molecule has 3 nitrogen and oxygen atoms in total. The number of nitrogens with zero attached hydrogens (tertiary/aromatic N) is 2. The van der Waals surface area contributed by atoms with Gasteiger partial charge in [-0.15, -0.1) is 0 Å². The van der Waals surface area contributed by atoms with E-state index in [-0.39, 0.29) is 5.69 Å². The molecule has 1 heterocycles. The summed E-state index contributed by atoms with van der Waals surface area (Å²) in [4.78, 5) is 0. The summed E-state index contributed by atoms with van der Waals surface area (Å²) < 4.78 is 45.9. The summed E-state index contributed by atoms with van der Waals surface area (Å²) in [6, 6.07) is 16.0. The summed E-state index contributed by atoms with van der Waals surface area (Å²) in [5, 5.41) is 4.13. The van der Waals surface area contributed by atoms with Gasteiger partial charge in [0.05, 0.1) is 18.5 Å². The van der Waals surface area contributed by atoms with Gasteiger partial charge in [0.2, 0.25) is 0 Å². The van der Waals surface area contributed by atoms with Crippen molar-refractivity contribution in [3.63, 3.8) is 0 Å². The van der Waals surface area contributed by atoms with Crippen LogP contribution in [0.25, 0.3) is 16.9 Å². The number of ether oxygens (including phenoxy) is 1. The third kappa shape index (κ3) is 3.06. The zero-order valence-electron chi connectivity index (χ0n) is 12.2. The highest BCUT2D eigenvalue weighted by Crippen LogP contribution is 2.34. The Morgan fingerprint density at radius 3 is 2.17 bits per heavy atom. The van der Waals surface area contributed by atoms with Crippen molar-refractivity contribution in [2.45, 2.75) is 6.18 Å². The van der Waals surface area contributed by atoms with Crippen molar-refractivity contribution in [2.24, 2.45) is 0 Å². The highest BCUT2D eigenvalue weighted by Gasteiger charge is 2.36. The van der Waals surface area contributed by atoms with Crippen molar-refractivity contribution in [1.29, 1.82) is 0 Å². The second kappa shape index (κ2) is 5.79. The van der Waals surface area contributed by atoms with E-state index in [2.05, 4.69) is 5.10 Å². The Bertz CT molecular complexity index is 793. The van der Waals surface area contributed by atoms with Crippen LogP contribution in [0.3, 0.4) is 0 Å². The molecule has 0 aliphatic heterocycles. The fraction of sp³-hybridized carbons (Fsp3) is 0.118. The lowest BCUT2D eigenvalue weighted by Crippen LogP contribution is -2.13. The van der Waals surface area contributed by atoms with Gasteiger partial charge in [0, 0.05) is 5.56 Å². The largest absolute Gasteiger partial charge is 0.497 e. The molecule has 0 unspecified atom stereocenters. The van der Waals surface area contributed by atoms with Gasteiger partial charge in [-0.1, -0.05) is 18.2 Å². The molecule has 0 saturated heterocycles. The lowest BCUT2D eigenvalue weighted by Gasteiger charge is -2.09. The van der Waals surface area contributed by atoms with Crippen LogP contribution in [0.1, 0.15) is 5.69 Å². The Morgan fingerprint density at radius 2 is 1.61 bits per heavy atom. The normalized spacial score (nSPS) is 11.5. The van der Waals surface area contributed by atoms with E-state index in [9.17, 15) is 13.2 Å². The van der Waals surface area contributed by atoms with Gasteiger partial charge >= 0.3 is 6.18 Å². The van der Waals surface area contributed by atoms with Gasteiger partial charge < -0.3 is 4.74 Å². The number of hydrogen-bond donors (Lipinski definition) is 0. The fourth-order valence-electron chi connectivity index (χ4n) is 2.25. The van der Waals surface area contributed by atoms with Crippen molar-refractivity contribution in [3.05, 3.63) is 66.4 Å². The van der Waals surface area contributed by atoms with Crippen molar-refractivity contribution in [1.82, 2.24) is 9.78 Å². The van der Waals surface area contributed by atoms with Gasteiger partial charge in [-0.25, -0.2) is 4.68 Å². The number of methoxy groups -OCH3 is 1. The van der Waals surface area contributed by atoms with E-state index in [1.807, 2.05) is 0 Å². The summed E-state index contributed by atoms with van der Waals surface area (Å²) in [5.74, 6) is 0.632. The van der Waals surface area contributed by atoms with Gasteiger partial charge in [0.1, 0.15) is 11.4 Å². The topological polar surface area (TPSA) is 27.1 Å². The van der Waals surface area contributed by atoms with Crippen LogP contribution in [0.5, 0.6) is 5.75 Å². The van der Waals surface area contributed by atoms with Crippen molar-refractivity contribution in [2.75, 3.05) is 7.11 Å². The lowest BCUT2D eigenvalue weighted by atomic mass is 10.1. The Hall–Kier alpha value is -2.76. The van der Waals surface area contributed by atoms with E-state index in [0.717, 1.165) is 10.7 Å². The second-order valence-corrected chi connectivity index (χ2v) is 4.89. The highest BCUT2D eigenvalue weighted by molar-refractivity contribution is 5.61. The number of halogens is 3. The van der Waals surface area contributed by atoms with Crippen LogP contribution in [0.15, 0.2) is 60.7 Å².